The number of hydrogen-bond acceptors (Lipinski definition) is 0. The van der Waals surface area contributed by atoms with Gasteiger partial charge in [0.1, 0.15) is 0 Å². The Bertz CT molecular complexity index is 1530. The first-order valence-corrected chi connectivity index (χ1v) is 20.2. The van der Waals surface area contributed by atoms with E-state index < -0.39 is 0 Å². The molecular weight excluding hydrogens is 739 g/mol. The van der Waals surface area contributed by atoms with E-state index in [-0.39, 0.29) is 43.1 Å². The summed E-state index contributed by atoms with van der Waals surface area (Å²) in [7, 11) is 0. The number of rotatable bonds is 1. The van der Waals surface area contributed by atoms with Gasteiger partial charge >= 0.3 is 28.4 Å². The molecule has 0 nitrogen and oxygen atoms in total. The third-order valence-electron chi connectivity index (χ3n) is 12.1. The van der Waals surface area contributed by atoms with Crippen molar-refractivity contribution in [3.05, 3.63) is 125 Å². The Morgan fingerprint density at radius 2 is 1.29 bits per heavy atom. The molecule has 51 heavy (non-hydrogen) atoms. The average Bonchev–Trinajstić information content (AvgIpc) is 3.62. The molecule has 4 bridgehead atoms. The van der Waals surface area contributed by atoms with Crippen molar-refractivity contribution in [1.29, 1.82) is 0 Å². The summed E-state index contributed by atoms with van der Waals surface area (Å²) in [6.07, 6.45) is 17.0. The molecule has 0 radical (unpaired) electrons. The van der Waals surface area contributed by atoms with Gasteiger partial charge in [0.2, 0.25) is 0 Å². The molecule has 3 heteroatoms. The van der Waals surface area contributed by atoms with Crippen LogP contribution in [0, 0.1) is 74.5 Å². The van der Waals surface area contributed by atoms with Crippen molar-refractivity contribution in [2.24, 2.45) is 35.0 Å². The second kappa shape index (κ2) is 18.2. The van der Waals surface area contributed by atoms with Crippen LogP contribution in [-0.2, 0) is 41.5 Å². The van der Waals surface area contributed by atoms with Gasteiger partial charge in [-0.25, -0.2) is 6.08 Å². The van der Waals surface area contributed by atoms with E-state index in [0.717, 1.165) is 30.1 Å². The Balaban J connectivity index is 0.000000283. The van der Waals surface area contributed by atoms with Gasteiger partial charge in [-0.2, -0.15) is 65.7 Å². The van der Waals surface area contributed by atoms with Crippen molar-refractivity contribution in [3.8, 4) is 11.1 Å². The molecule has 0 spiro atoms. The topological polar surface area (TPSA) is 0 Å². The average molecular weight is 803 g/mol. The molecule has 0 N–H and O–H groups in total. The van der Waals surface area contributed by atoms with E-state index in [9.17, 15) is 0 Å². The van der Waals surface area contributed by atoms with Gasteiger partial charge in [-0.1, -0.05) is 96.8 Å². The molecule has 9 rings (SSSR count). The molecule has 3 aromatic carbocycles. The van der Waals surface area contributed by atoms with Crippen molar-refractivity contribution < 1.29 is 24.2 Å². The summed E-state index contributed by atoms with van der Waals surface area (Å²) in [5.41, 5.74) is 13.8. The Morgan fingerprint density at radius 1 is 0.765 bits per heavy atom. The quantitative estimate of drug-likeness (QED) is 0.168. The van der Waals surface area contributed by atoms with Crippen LogP contribution in [0.5, 0.6) is 0 Å². The van der Waals surface area contributed by atoms with Crippen LogP contribution in [0.15, 0.2) is 66.3 Å². The molecule has 278 valence electrons. The van der Waals surface area contributed by atoms with Crippen LogP contribution in [0.4, 0.5) is 0 Å². The van der Waals surface area contributed by atoms with Crippen molar-refractivity contribution in [3.63, 3.8) is 0 Å². The number of hydrogen-bond donors (Lipinski definition) is 0. The summed E-state index contributed by atoms with van der Waals surface area (Å²) >= 11 is 1.30. The maximum atomic E-state index is 3.69. The third kappa shape index (κ3) is 9.78. The van der Waals surface area contributed by atoms with Gasteiger partial charge in [-0.15, -0.1) is 41.5 Å². The van der Waals surface area contributed by atoms with Gasteiger partial charge in [0.25, 0.3) is 0 Å². The first-order valence-electron chi connectivity index (χ1n) is 18.4. The van der Waals surface area contributed by atoms with Crippen LogP contribution >= 0.6 is 24.8 Å². The standard InChI is InChI=1S/C23H29.C17H23.C6H5.CH3.CH2.2ClH.Zr/c1-14-9-16-11-17-10-15(2)21(23(6,7)8)13-19(17)18(16)12-20(14)22(3,4)5;1-11-3-4-14(5-11)17(2)15-7-12-6-13(9-15)10-16(17)8-12;1-2-4-6-5-3-1;;;;;/h9,12-13H,11H2,1-8H3;4-5,11-13,15-16H,6-10H2,1-2H3;1-5H;1H3;1H2;2*1H;/q4*-1;;;;. The Morgan fingerprint density at radius 3 is 1.73 bits per heavy atom. The normalized spacial score (nSPS) is 25.7. The Kier molecular flexibility index (Phi) is 16.3. The summed E-state index contributed by atoms with van der Waals surface area (Å²) < 4.78 is 3.34. The molecule has 0 aromatic heterocycles. The van der Waals surface area contributed by atoms with E-state index >= 15 is 0 Å². The van der Waals surface area contributed by atoms with Gasteiger partial charge in [0.15, 0.2) is 0 Å². The van der Waals surface area contributed by atoms with Gasteiger partial charge in [-0.05, 0) is 91.2 Å². The molecule has 3 aromatic rings. The van der Waals surface area contributed by atoms with E-state index in [1.807, 2.05) is 30.3 Å². The first-order chi connectivity index (χ1) is 22.6. The minimum absolute atomic E-state index is 0. The number of aryl methyl sites for hydroxylation is 2. The van der Waals surface area contributed by atoms with Crippen LogP contribution in [0.3, 0.4) is 0 Å². The van der Waals surface area contributed by atoms with E-state index in [1.54, 1.807) is 12.0 Å². The van der Waals surface area contributed by atoms with Crippen LogP contribution in [0.25, 0.3) is 11.1 Å². The summed E-state index contributed by atoms with van der Waals surface area (Å²) in [5, 5.41) is 0. The predicted octanol–water partition coefficient (Wildman–Crippen LogP) is 13.4. The van der Waals surface area contributed by atoms with E-state index in [1.165, 1.54) is 94.4 Å². The Labute approximate surface area is 340 Å². The largest absolute Gasteiger partial charge is 0.358 e. The zero-order valence-corrected chi connectivity index (χ0v) is 37.5. The Hall–Kier alpha value is -1.53. The van der Waals surface area contributed by atoms with E-state index in [4.69, 9.17) is 0 Å². The maximum Gasteiger partial charge on any atom is -0.171 e. The molecular formula is C48H64Cl2Zr-4. The summed E-state index contributed by atoms with van der Waals surface area (Å²) in [4.78, 5) is 0. The fourth-order valence-electron chi connectivity index (χ4n) is 9.92. The number of halogens is 2. The molecule has 1 unspecified atom stereocenters. The van der Waals surface area contributed by atoms with Crippen molar-refractivity contribution in [2.75, 3.05) is 0 Å². The second-order valence-electron chi connectivity index (χ2n) is 17.6. The number of allylic oxidation sites excluding steroid dienone is 4. The van der Waals surface area contributed by atoms with Crippen LogP contribution < -0.4 is 0 Å². The van der Waals surface area contributed by atoms with Crippen LogP contribution in [0.2, 0.25) is 0 Å². The van der Waals surface area contributed by atoms with Gasteiger partial charge in [-0.3, -0.25) is 6.08 Å². The fraction of sp³-hybridized carbons (Fsp3) is 0.500. The van der Waals surface area contributed by atoms with Crippen molar-refractivity contribution in [1.82, 2.24) is 0 Å². The monoisotopic (exact) mass is 800 g/mol. The van der Waals surface area contributed by atoms with Gasteiger partial charge < -0.3 is 7.43 Å². The molecule has 0 saturated heterocycles. The first kappa shape index (κ1) is 45.6. The van der Waals surface area contributed by atoms with E-state index in [0.29, 0.717) is 11.3 Å². The fourth-order valence-corrected chi connectivity index (χ4v) is 9.92. The third-order valence-corrected chi connectivity index (χ3v) is 12.1. The molecule has 0 heterocycles. The van der Waals surface area contributed by atoms with Gasteiger partial charge in [0, 0.05) is 0 Å². The predicted molar refractivity (Wildman–Crippen MR) is 224 cm³/mol. The van der Waals surface area contributed by atoms with Crippen LogP contribution in [-0.4, -0.2) is 4.21 Å². The molecule has 6 aliphatic rings. The van der Waals surface area contributed by atoms with Crippen LogP contribution in [0.1, 0.15) is 121 Å². The summed E-state index contributed by atoms with van der Waals surface area (Å²) in [6, 6.07) is 23.4. The zero-order chi connectivity index (χ0) is 35.0. The SMILES string of the molecule is CC1[C-]=CC(C2(C)C3CC4CC(C3)CC2C4)=C1.Cc1[c-]c2c(cc1C(C)(C)C)-c1cc(C(C)(C)C)c(C)cc1C2.Cl.Cl.[CH2]=[Zr].[CH3-].[c-]1ccccc1. The smallest absolute Gasteiger partial charge is 0.171 e. The van der Waals surface area contributed by atoms with Crippen molar-refractivity contribution >= 4 is 29.0 Å². The molecule has 1 atom stereocenters. The summed E-state index contributed by atoms with van der Waals surface area (Å²) in [6.45, 7) is 23.1. The number of fused-ring (bicyclic) bond motifs is 3. The zero-order valence-electron chi connectivity index (χ0n) is 33.4. The summed E-state index contributed by atoms with van der Waals surface area (Å²) in [5.74, 6) is 4.68. The second-order valence-corrected chi connectivity index (χ2v) is 17.6. The minimum atomic E-state index is 0. The molecule has 0 amide bonds. The minimum Gasteiger partial charge on any atom is -0.358 e. The van der Waals surface area contributed by atoms with Gasteiger partial charge in [0.05, 0.1) is 0 Å². The molecule has 0 aliphatic heterocycles. The molecule has 4 saturated carbocycles. The van der Waals surface area contributed by atoms with E-state index in [2.05, 4.69) is 122 Å². The number of benzene rings is 3. The molecule has 6 aliphatic carbocycles. The van der Waals surface area contributed by atoms with Crippen molar-refractivity contribution in [2.45, 2.75) is 119 Å². The maximum absolute atomic E-state index is 3.69. The molecule has 4 fully saturated rings.